The molecule has 0 bridgehead atoms. The highest BCUT2D eigenvalue weighted by atomic mass is 32.2. The van der Waals surface area contributed by atoms with Crippen LogP contribution in [-0.2, 0) is 4.79 Å². The second-order valence-corrected chi connectivity index (χ2v) is 7.53. The summed E-state index contributed by atoms with van der Waals surface area (Å²) in [6.45, 7) is 0. The maximum absolute atomic E-state index is 12.8. The summed E-state index contributed by atoms with van der Waals surface area (Å²) in [5.74, 6) is -0.0532. The van der Waals surface area contributed by atoms with E-state index in [-0.39, 0.29) is 5.91 Å². The average molecular weight is 353 g/mol. The summed E-state index contributed by atoms with van der Waals surface area (Å²) in [5, 5.41) is 6.14. The van der Waals surface area contributed by atoms with E-state index in [1.54, 1.807) is 16.2 Å². The molecule has 112 valence electrons. The molecule has 1 aromatic heterocycles. The van der Waals surface area contributed by atoms with E-state index in [0.717, 1.165) is 22.0 Å². The Morgan fingerprint density at radius 3 is 2.70 bits per heavy atom. The van der Waals surface area contributed by atoms with Gasteiger partial charge in [0.25, 0.3) is 5.91 Å². The third kappa shape index (κ3) is 2.61. The van der Waals surface area contributed by atoms with E-state index in [9.17, 15) is 4.79 Å². The number of anilines is 1. The number of thiocarbonyl (C=S) groups is 1. The van der Waals surface area contributed by atoms with Crippen LogP contribution in [0.5, 0.6) is 0 Å². The topological polar surface area (TPSA) is 20.3 Å². The fourth-order valence-corrected chi connectivity index (χ4v) is 4.49. The number of benzene rings is 2. The molecule has 1 saturated heterocycles. The SMILES string of the molecule is O=C1/C(=C/c2ccsc2)SC(=S)N1c1cccc2ccccc12. The van der Waals surface area contributed by atoms with Gasteiger partial charge >= 0.3 is 0 Å². The Bertz CT molecular complexity index is 939. The largest absolute Gasteiger partial charge is 0.270 e. The van der Waals surface area contributed by atoms with E-state index >= 15 is 0 Å². The zero-order chi connectivity index (χ0) is 15.8. The molecule has 0 saturated carbocycles. The molecule has 2 heterocycles. The molecule has 1 fully saturated rings. The third-order valence-electron chi connectivity index (χ3n) is 3.64. The van der Waals surface area contributed by atoms with Crippen LogP contribution in [0.1, 0.15) is 5.56 Å². The van der Waals surface area contributed by atoms with Gasteiger partial charge in [-0.25, -0.2) is 0 Å². The molecule has 1 amide bonds. The molecule has 0 atom stereocenters. The number of thiophene rings is 1. The zero-order valence-electron chi connectivity index (χ0n) is 11.9. The van der Waals surface area contributed by atoms with Crippen LogP contribution in [0.25, 0.3) is 16.8 Å². The summed E-state index contributed by atoms with van der Waals surface area (Å²) in [6.07, 6.45) is 1.90. The van der Waals surface area contributed by atoms with Gasteiger partial charge in [0.1, 0.15) is 0 Å². The van der Waals surface area contributed by atoms with Crippen LogP contribution in [0.3, 0.4) is 0 Å². The number of carbonyl (C=O) groups excluding carboxylic acids is 1. The fourth-order valence-electron chi connectivity index (χ4n) is 2.59. The van der Waals surface area contributed by atoms with Crippen molar-refractivity contribution in [1.82, 2.24) is 0 Å². The summed E-state index contributed by atoms with van der Waals surface area (Å²) < 4.78 is 0.577. The maximum atomic E-state index is 12.8. The first-order chi connectivity index (χ1) is 11.2. The first kappa shape index (κ1) is 14.6. The predicted octanol–water partition coefficient (Wildman–Crippen LogP) is 5.31. The fraction of sp³-hybridized carbons (Fsp3) is 0. The smallest absolute Gasteiger partial charge is 0.268 e. The van der Waals surface area contributed by atoms with Gasteiger partial charge in [-0.3, -0.25) is 9.69 Å². The molecule has 1 aliphatic rings. The van der Waals surface area contributed by atoms with Gasteiger partial charge in [-0.2, -0.15) is 11.3 Å². The molecule has 1 aliphatic heterocycles. The highest BCUT2D eigenvalue weighted by molar-refractivity contribution is 8.27. The van der Waals surface area contributed by atoms with E-state index in [0.29, 0.717) is 9.23 Å². The summed E-state index contributed by atoms with van der Waals surface area (Å²) in [7, 11) is 0. The number of nitrogens with zero attached hydrogens (tertiary/aromatic N) is 1. The van der Waals surface area contributed by atoms with Gasteiger partial charge in [-0.15, -0.1) is 0 Å². The molecule has 3 aromatic rings. The molecule has 0 unspecified atom stereocenters. The predicted molar refractivity (Wildman–Crippen MR) is 104 cm³/mol. The number of fused-ring (bicyclic) bond motifs is 1. The summed E-state index contributed by atoms with van der Waals surface area (Å²) >= 11 is 8.43. The van der Waals surface area contributed by atoms with Gasteiger partial charge in [-0.05, 0) is 39.9 Å². The van der Waals surface area contributed by atoms with E-state index in [4.69, 9.17) is 12.2 Å². The Morgan fingerprint density at radius 1 is 1.04 bits per heavy atom. The number of hydrogen-bond donors (Lipinski definition) is 0. The van der Waals surface area contributed by atoms with E-state index in [1.807, 2.05) is 65.4 Å². The van der Waals surface area contributed by atoms with Gasteiger partial charge in [0.15, 0.2) is 4.32 Å². The van der Waals surface area contributed by atoms with Crippen LogP contribution >= 0.6 is 35.3 Å². The van der Waals surface area contributed by atoms with Crippen LogP contribution in [0.15, 0.2) is 64.2 Å². The number of thioether (sulfide) groups is 1. The minimum absolute atomic E-state index is 0.0532. The second-order valence-electron chi connectivity index (χ2n) is 5.07. The Kier molecular flexibility index (Phi) is 3.77. The van der Waals surface area contributed by atoms with Crippen molar-refractivity contribution in [3.8, 4) is 0 Å². The van der Waals surface area contributed by atoms with Crippen molar-refractivity contribution in [3.63, 3.8) is 0 Å². The van der Waals surface area contributed by atoms with E-state index in [2.05, 4.69) is 0 Å². The van der Waals surface area contributed by atoms with Gasteiger partial charge < -0.3 is 0 Å². The molecular formula is C18H11NOS3. The summed E-state index contributed by atoms with van der Waals surface area (Å²) in [4.78, 5) is 15.1. The Morgan fingerprint density at radius 2 is 1.87 bits per heavy atom. The van der Waals surface area contributed by atoms with Crippen molar-refractivity contribution >= 4 is 68.1 Å². The lowest BCUT2D eigenvalue weighted by atomic mass is 10.1. The van der Waals surface area contributed by atoms with E-state index < -0.39 is 0 Å². The second kappa shape index (κ2) is 5.92. The zero-order valence-corrected chi connectivity index (χ0v) is 14.4. The normalized spacial score (nSPS) is 16.7. The Hall–Kier alpha value is -1.95. The molecule has 2 nitrogen and oxygen atoms in total. The first-order valence-corrected chi connectivity index (χ1v) is 9.19. The van der Waals surface area contributed by atoms with Crippen molar-refractivity contribution in [1.29, 1.82) is 0 Å². The minimum Gasteiger partial charge on any atom is -0.268 e. The Labute approximate surface area is 147 Å². The lowest BCUT2D eigenvalue weighted by Gasteiger charge is -2.17. The third-order valence-corrected chi connectivity index (χ3v) is 5.65. The number of hydrogen-bond acceptors (Lipinski definition) is 4. The molecule has 0 radical (unpaired) electrons. The summed E-state index contributed by atoms with van der Waals surface area (Å²) in [6, 6.07) is 16.0. The number of amides is 1. The number of carbonyl (C=O) groups is 1. The average Bonchev–Trinajstić information content (AvgIpc) is 3.16. The van der Waals surface area contributed by atoms with Crippen LogP contribution in [0.2, 0.25) is 0 Å². The molecule has 0 spiro atoms. The van der Waals surface area contributed by atoms with Crippen LogP contribution in [-0.4, -0.2) is 10.2 Å². The van der Waals surface area contributed by atoms with Gasteiger partial charge in [0, 0.05) is 5.39 Å². The van der Waals surface area contributed by atoms with Crippen molar-refractivity contribution in [2.45, 2.75) is 0 Å². The molecule has 0 aliphatic carbocycles. The lowest BCUT2D eigenvalue weighted by Crippen LogP contribution is -2.27. The Balaban J connectivity index is 1.80. The van der Waals surface area contributed by atoms with Crippen molar-refractivity contribution in [2.24, 2.45) is 0 Å². The quantitative estimate of drug-likeness (QED) is 0.460. The van der Waals surface area contributed by atoms with Gasteiger partial charge in [0.05, 0.1) is 10.6 Å². The van der Waals surface area contributed by atoms with Crippen molar-refractivity contribution < 1.29 is 4.79 Å². The van der Waals surface area contributed by atoms with Crippen LogP contribution in [0.4, 0.5) is 5.69 Å². The molecular weight excluding hydrogens is 342 g/mol. The molecule has 23 heavy (non-hydrogen) atoms. The van der Waals surface area contributed by atoms with Crippen LogP contribution < -0.4 is 4.90 Å². The standard InChI is InChI=1S/C18H11NOS3/c20-17-16(10-12-8-9-22-11-12)23-18(21)19(17)15-7-3-5-13-4-1-2-6-14(13)15/h1-11H/b16-10-. The van der Waals surface area contributed by atoms with Crippen molar-refractivity contribution in [2.75, 3.05) is 4.90 Å². The molecule has 4 rings (SSSR count). The monoisotopic (exact) mass is 353 g/mol. The van der Waals surface area contributed by atoms with Gasteiger partial charge in [0.2, 0.25) is 0 Å². The lowest BCUT2D eigenvalue weighted by molar-refractivity contribution is -0.113. The van der Waals surface area contributed by atoms with Gasteiger partial charge in [-0.1, -0.05) is 60.4 Å². The maximum Gasteiger partial charge on any atom is 0.270 e. The van der Waals surface area contributed by atoms with Crippen LogP contribution in [0, 0.1) is 0 Å². The molecule has 5 heteroatoms. The highest BCUT2D eigenvalue weighted by Crippen LogP contribution is 2.38. The highest BCUT2D eigenvalue weighted by Gasteiger charge is 2.34. The molecule has 2 aromatic carbocycles. The van der Waals surface area contributed by atoms with Crippen molar-refractivity contribution in [3.05, 3.63) is 69.8 Å². The summed E-state index contributed by atoms with van der Waals surface area (Å²) in [5.41, 5.74) is 1.88. The first-order valence-electron chi connectivity index (χ1n) is 7.02. The molecule has 0 N–H and O–H groups in total. The van der Waals surface area contributed by atoms with E-state index in [1.165, 1.54) is 11.8 Å². The number of rotatable bonds is 2. The minimum atomic E-state index is -0.0532.